The Hall–Kier alpha value is -3.30. The molecule has 1 fully saturated rings. The molecule has 1 aromatic heterocycles. The highest BCUT2D eigenvalue weighted by Gasteiger charge is 2.30. The van der Waals surface area contributed by atoms with Gasteiger partial charge in [0.25, 0.3) is 11.8 Å². The third-order valence-electron chi connectivity index (χ3n) is 5.29. The quantitative estimate of drug-likeness (QED) is 0.557. The smallest absolute Gasteiger partial charge is 0.286 e. The van der Waals surface area contributed by atoms with Crippen molar-refractivity contribution >= 4 is 46.3 Å². The van der Waals surface area contributed by atoms with E-state index in [2.05, 4.69) is 20.8 Å². The molecule has 3 amide bonds. The zero-order chi connectivity index (χ0) is 23.2. The first kappa shape index (κ1) is 22.9. The Bertz CT molecular complexity index is 1140. The Morgan fingerprint density at radius 3 is 2.52 bits per heavy atom. The van der Waals surface area contributed by atoms with Gasteiger partial charge < -0.3 is 15.5 Å². The lowest BCUT2D eigenvalue weighted by Crippen LogP contribution is -2.45. The van der Waals surface area contributed by atoms with Gasteiger partial charge in [-0.05, 0) is 42.7 Å². The molecule has 0 aliphatic carbocycles. The topological polar surface area (TPSA) is 104 Å². The maximum absolute atomic E-state index is 12.9. The van der Waals surface area contributed by atoms with Gasteiger partial charge in [0, 0.05) is 30.3 Å². The molecule has 0 bridgehead atoms. The Morgan fingerprint density at radius 2 is 1.76 bits per heavy atom. The van der Waals surface area contributed by atoms with Crippen molar-refractivity contribution in [2.75, 3.05) is 18.4 Å². The first-order valence-corrected chi connectivity index (χ1v) is 11.7. The van der Waals surface area contributed by atoms with Crippen LogP contribution >= 0.6 is 22.9 Å². The molecule has 33 heavy (non-hydrogen) atoms. The van der Waals surface area contributed by atoms with E-state index in [0.29, 0.717) is 43.2 Å². The lowest BCUT2D eigenvalue weighted by molar-refractivity contribution is -0.126. The first-order valence-electron chi connectivity index (χ1n) is 10.5. The zero-order valence-corrected chi connectivity index (χ0v) is 19.2. The lowest BCUT2D eigenvalue weighted by atomic mass is 9.97. The fourth-order valence-electron chi connectivity index (χ4n) is 3.55. The van der Waals surface area contributed by atoms with Gasteiger partial charge in [0.05, 0.1) is 5.92 Å². The van der Waals surface area contributed by atoms with Crippen molar-refractivity contribution in [2.45, 2.75) is 19.4 Å². The van der Waals surface area contributed by atoms with E-state index < -0.39 is 5.91 Å². The van der Waals surface area contributed by atoms with Crippen molar-refractivity contribution in [3.05, 3.63) is 75.2 Å². The van der Waals surface area contributed by atoms with Crippen molar-refractivity contribution in [3.63, 3.8) is 0 Å². The number of piperidine rings is 1. The van der Waals surface area contributed by atoms with Crippen molar-refractivity contribution in [1.82, 2.24) is 20.4 Å². The monoisotopic (exact) mass is 483 g/mol. The summed E-state index contributed by atoms with van der Waals surface area (Å²) in [5.74, 6) is -1.14. The largest absolute Gasteiger partial charge is 0.352 e. The lowest BCUT2D eigenvalue weighted by Gasteiger charge is -2.31. The molecule has 2 N–H and O–H groups in total. The highest BCUT2D eigenvalue weighted by Crippen LogP contribution is 2.21. The minimum absolute atomic E-state index is 0.0948. The summed E-state index contributed by atoms with van der Waals surface area (Å²) in [6.45, 7) is 1.23. The van der Waals surface area contributed by atoms with Crippen LogP contribution < -0.4 is 10.6 Å². The van der Waals surface area contributed by atoms with Crippen molar-refractivity contribution in [2.24, 2.45) is 5.92 Å². The molecular weight excluding hydrogens is 462 g/mol. The van der Waals surface area contributed by atoms with Gasteiger partial charge in [0.2, 0.25) is 15.9 Å². The molecule has 0 radical (unpaired) electrons. The van der Waals surface area contributed by atoms with Crippen LogP contribution in [0.25, 0.3) is 0 Å². The van der Waals surface area contributed by atoms with Crippen LogP contribution in [-0.2, 0) is 11.3 Å². The van der Waals surface area contributed by atoms with Crippen LogP contribution in [0.2, 0.25) is 5.02 Å². The van der Waals surface area contributed by atoms with Gasteiger partial charge in [-0.1, -0.05) is 53.3 Å². The highest BCUT2D eigenvalue weighted by molar-refractivity contribution is 7.15. The molecule has 1 saturated heterocycles. The van der Waals surface area contributed by atoms with E-state index in [1.807, 2.05) is 30.3 Å². The van der Waals surface area contributed by atoms with Gasteiger partial charge in [-0.25, -0.2) is 0 Å². The van der Waals surface area contributed by atoms with Crippen LogP contribution in [-0.4, -0.2) is 45.9 Å². The number of anilines is 1. The summed E-state index contributed by atoms with van der Waals surface area (Å²) in [6.07, 6.45) is 1.42. The predicted octanol–water partition coefficient (Wildman–Crippen LogP) is 3.61. The molecule has 10 heteroatoms. The van der Waals surface area contributed by atoms with E-state index in [-0.39, 0.29) is 27.7 Å². The Labute approximate surface area is 200 Å². The average molecular weight is 484 g/mol. The normalized spacial score (nSPS) is 15.7. The van der Waals surface area contributed by atoms with Gasteiger partial charge in [-0.2, -0.15) is 0 Å². The maximum Gasteiger partial charge on any atom is 0.286 e. The summed E-state index contributed by atoms with van der Waals surface area (Å²) in [6, 6.07) is 16.3. The molecule has 1 aliphatic heterocycles. The third-order valence-corrected chi connectivity index (χ3v) is 6.46. The van der Waals surface area contributed by atoms with Gasteiger partial charge in [-0.15, -0.1) is 10.2 Å². The van der Waals surface area contributed by atoms with Crippen LogP contribution in [0.4, 0.5) is 5.69 Å². The van der Waals surface area contributed by atoms with Crippen LogP contribution in [0.5, 0.6) is 0 Å². The Morgan fingerprint density at radius 1 is 1.03 bits per heavy atom. The number of para-hydroxylation sites is 1. The second-order valence-electron chi connectivity index (χ2n) is 7.67. The summed E-state index contributed by atoms with van der Waals surface area (Å²) in [4.78, 5) is 39.6. The number of carbonyl (C=O) groups excluding carboxylic acids is 3. The summed E-state index contributed by atoms with van der Waals surface area (Å²) < 4.78 is 0. The highest BCUT2D eigenvalue weighted by atomic mass is 35.5. The number of carbonyl (C=O) groups is 3. The van der Waals surface area contributed by atoms with Crippen LogP contribution in [0.3, 0.4) is 0 Å². The second kappa shape index (κ2) is 10.5. The second-order valence-corrected chi connectivity index (χ2v) is 9.08. The number of hydrogen-bond acceptors (Lipinski definition) is 6. The summed E-state index contributed by atoms with van der Waals surface area (Å²) >= 11 is 6.84. The molecule has 2 aromatic carbocycles. The van der Waals surface area contributed by atoms with Gasteiger partial charge in [0.15, 0.2) is 0 Å². The minimum atomic E-state index is -0.421. The van der Waals surface area contributed by atoms with E-state index in [0.717, 1.165) is 16.9 Å². The Kier molecular flexibility index (Phi) is 7.31. The standard InChI is InChI=1S/C23H22ClN5O3S/c24-17-10-8-15(9-11-17)13-25-19(30)16-5-4-12-29(14-16)23(32)22-28-27-21(33-22)20(31)26-18-6-2-1-3-7-18/h1-3,6-11,16H,4-5,12-14H2,(H,25,30)(H,26,31). The van der Waals surface area contributed by atoms with Crippen LogP contribution in [0.1, 0.15) is 38.0 Å². The number of nitrogens with zero attached hydrogens (tertiary/aromatic N) is 3. The molecule has 170 valence electrons. The number of benzene rings is 2. The number of nitrogens with one attached hydrogen (secondary N) is 2. The van der Waals surface area contributed by atoms with E-state index in [1.54, 1.807) is 29.2 Å². The molecule has 1 atom stereocenters. The number of likely N-dealkylation sites (tertiary alicyclic amines) is 1. The molecule has 1 aliphatic rings. The van der Waals surface area contributed by atoms with Crippen molar-refractivity contribution in [1.29, 1.82) is 0 Å². The van der Waals surface area contributed by atoms with Crippen molar-refractivity contribution < 1.29 is 14.4 Å². The predicted molar refractivity (Wildman–Crippen MR) is 126 cm³/mol. The summed E-state index contributed by atoms with van der Waals surface area (Å²) in [5.41, 5.74) is 1.58. The molecule has 1 unspecified atom stereocenters. The number of rotatable bonds is 6. The van der Waals surface area contributed by atoms with E-state index in [1.165, 1.54) is 0 Å². The molecule has 3 aromatic rings. The summed E-state index contributed by atoms with van der Waals surface area (Å²) in [7, 11) is 0. The van der Waals surface area contributed by atoms with Crippen molar-refractivity contribution in [3.8, 4) is 0 Å². The number of halogens is 1. The fraction of sp³-hybridized carbons (Fsp3) is 0.261. The number of amides is 3. The maximum atomic E-state index is 12.9. The van der Waals surface area contributed by atoms with E-state index in [9.17, 15) is 14.4 Å². The zero-order valence-electron chi connectivity index (χ0n) is 17.7. The molecule has 2 heterocycles. The van der Waals surface area contributed by atoms with Gasteiger partial charge in [0.1, 0.15) is 0 Å². The Balaban J connectivity index is 1.33. The molecule has 8 nitrogen and oxygen atoms in total. The van der Waals surface area contributed by atoms with Gasteiger partial charge in [-0.3, -0.25) is 14.4 Å². The first-order chi connectivity index (χ1) is 16.0. The molecule has 0 saturated carbocycles. The minimum Gasteiger partial charge on any atom is -0.352 e. The third kappa shape index (κ3) is 5.94. The number of hydrogen-bond donors (Lipinski definition) is 2. The average Bonchev–Trinajstić information content (AvgIpc) is 3.34. The number of aromatic nitrogens is 2. The molecular formula is C23H22ClN5O3S. The van der Waals surface area contributed by atoms with Crippen LogP contribution in [0.15, 0.2) is 54.6 Å². The van der Waals surface area contributed by atoms with E-state index in [4.69, 9.17) is 11.6 Å². The molecule has 4 rings (SSSR count). The SMILES string of the molecule is O=C(Nc1ccccc1)c1nnc(C(=O)N2CCCC(C(=O)NCc3ccc(Cl)cc3)C2)s1. The summed E-state index contributed by atoms with van der Waals surface area (Å²) in [5, 5.41) is 14.3. The van der Waals surface area contributed by atoms with Crippen LogP contribution in [0, 0.1) is 5.92 Å². The molecule has 0 spiro atoms. The van der Waals surface area contributed by atoms with E-state index >= 15 is 0 Å². The fourth-order valence-corrected chi connectivity index (χ4v) is 4.39. The van der Waals surface area contributed by atoms with Gasteiger partial charge >= 0.3 is 0 Å².